The van der Waals surface area contributed by atoms with Gasteiger partial charge in [0.2, 0.25) is 5.91 Å². The first-order valence-electron chi connectivity index (χ1n) is 11.7. The maximum Gasteiger partial charge on any atom is 0.410 e. The van der Waals surface area contributed by atoms with Crippen LogP contribution in [0.1, 0.15) is 44.9 Å². The molecule has 3 fully saturated rings. The van der Waals surface area contributed by atoms with Crippen LogP contribution in [0.25, 0.3) is 11.2 Å². The van der Waals surface area contributed by atoms with Crippen molar-refractivity contribution in [2.45, 2.75) is 63.1 Å². The smallest absolute Gasteiger partial charge is 0.410 e. The molecule has 1 aliphatic carbocycles. The lowest BCUT2D eigenvalue weighted by Crippen LogP contribution is -2.48. The first-order chi connectivity index (χ1) is 15.8. The third-order valence-electron chi connectivity index (χ3n) is 7.54. The predicted molar refractivity (Wildman–Crippen MR) is 119 cm³/mol. The highest BCUT2D eigenvalue weighted by Crippen LogP contribution is 2.38. The fourth-order valence-electron chi connectivity index (χ4n) is 5.58. The molecule has 2 amide bonds. The Morgan fingerprint density at radius 3 is 2.48 bits per heavy atom. The third kappa shape index (κ3) is 3.63. The Morgan fingerprint density at radius 1 is 1.09 bits per heavy atom. The summed E-state index contributed by atoms with van der Waals surface area (Å²) in [6.07, 6.45) is 7.92. The summed E-state index contributed by atoms with van der Waals surface area (Å²) >= 11 is 0. The van der Waals surface area contributed by atoms with Gasteiger partial charge in [0, 0.05) is 33.2 Å². The number of hydrogen-bond acceptors (Lipinski definition) is 6. The first kappa shape index (κ1) is 21.7. The maximum atomic E-state index is 13.0. The molecule has 2 aliphatic heterocycles. The highest BCUT2D eigenvalue weighted by molar-refractivity contribution is 5.79. The maximum absolute atomic E-state index is 13.0. The fraction of sp³-hybridized carbons (Fsp3) is 0.682. The number of likely N-dealkylation sites (tertiary alicyclic amines) is 1. The van der Waals surface area contributed by atoms with Gasteiger partial charge < -0.3 is 19.1 Å². The van der Waals surface area contributed by atoms with Crippen molar-refractivity contribution >= 4 is 23.2 Å². The summed E-state index contributed by atoms with van der Waals surface area (Å²) in [5, 5.41) is 0. The van der Waals surface area contributed by atoms with Crippen molar-refractivity contribution in [3.05, 3.63) is 27.2 Å². The van der Waals surface area contributed by atoms with Crippen molar-refractivity contribution in [1.29, 1.82) is 0 Å². The van der Waals surface area contributed by atoms with E-state index in [0.717, 1.165) is 30.3 Å². The number of fused-ring (bicyclic) bond motifs is 1. The largest absolute Gasteiger partial charge is 0.441 e. The van der Waals surface area contributed by atoms with Gasteiger partial charge in [0.15, 0.2) is 11.2 Å². The van der Waals surface area contributed by atoms with E-state index in [1.807, 2.05) is 4.90 Å². The number of carbonyl (C=O) groups is 2. The Hall–Kier alpha value is -3.11. The van der Waals surface area contributed by atoms with Crippen LogP contribution >= 0.6 is 0 Å². The molecular weight excluding hydrogens is 428 g/mol. The number of aryl methyl sites for hydroxylation is 1. The molecule has 0 aromatic carbocycles. The number of imidazole rings is 1. The second-order valence-electron chi connectivity index (χ2n) is 9.60. The molecule has 0 bridgehead atoms. The average Bonchev–Trinajstić information content (AvgIpc) is 3.37. The summed E-state index contributed by atoms with van der Waals surface area (Å²) in [6, 6.07) is 0.0822. The lowest BCUT2D eigenvalue weighted by Gasteiger charge is -2.36. The number of carbonyl (C=O) groups excluding carboxylic acids is 2. The minimum absolute atomic E-state index is 0.0243. The van der Waals surface area contributed by atoms with Crippen LogP contribution in [0.4, 0.5) is 4.79 Å². The number of amides is 2. The topological polar surface area (TPSA) is 112 Å². The van der Waals surface area contributed by atoms with Crippen molar-refractivity contribution in [3.8, 4) is 0 Å². The number of hydrogen-bond donors (Lipinski definition) is 0. The minimum atomic E-state index is -0.471. The second-order valence-corrected chi connectivity index (χ2v) is 9.60. The van der Waals surface area contributed by atoms with Gasteiger partial charge in [-0.1, -0.05) is 6.42 Å². The van der Waals surface area contributed by atoms with Gasteiger partial charge in [-0.3, -0.25) is 18.7 Å². The molecule has 0 N–H and O–H groups in total. The lowest BCUT2D eigenvalue weighted by atomic mass is 9.84. The Morgan fingerprint density at radius 2 is 1.79 bits per heavy atom. The van der Waals surface area contributed by atoms with Crippen molar-refractivity contribution < 1.29 is 14.3 Å². The van der Waals surface area contributed by atoms with E-state index >= 15 is 0 Å². The standard InChI is InChI=1S/C22H30N6O5/c1-24-18-17(19(30)25(2)20(24)31)27(14-23-18)12-16(29)26-10-6-15(7-11-26)28-13-22(33-21(28)32)8-4-3-5-9-22/h14-15H,3-13H2,1-2H3. The Kier molecular flexibility index (Phi) is 5.29. The van der Waals surface area contributed by atoms with E-state index in [2.05, 4.69) is 4.98 Å². The number of rotatable bonds is 3. The Balaban J connectivity index is 1.24. The van der Waals surface area contributed by atoms with Gasteiger partial charge in [0.05, 0.1) is 12.9 Å². The summed E-state index contributed by atoms with van der Waals surface area (Å²) in [5.74, 6) is -0.114. The minimum Gasteiger partial charge on any atom is -0.441 e. The zero-order valence-electron chi connectivity index (χ0n) is 19.2. The summed E-state index contributed by atoms with van der Waals surface area (Å²) < 4.78 is 9.65. The molecule has 5 rings (SSSR count). The van der Waals surface area contributed by atoms with Gasteiger partial charge in [0.1, 0.15) is 12.1 Å². The summed E-state index contributed by atoms with van der Waals surface area (Å²) in [5.41, 5.74) is -0.737. The summed E-state index contributed by atoms with van der Waals surface area (Å²) in [6.45, 7) is 1.73. The molecule has 0 atom stereocenters. The molecule has 11 heteroatoms. The molecule has 0 unspecified atom stereocenters. The van der Waals surface area contributed by atoms with Gasteiger partial charge >= 0.3 is 11.8 Å². The highest BCUT2D eigenvalue weighted by Gasteiger charge is 2.48. The van der Waals surface area contributed by atoms with Crippen LogP contribution in [0.5, 0.6) is 0 Å². The van der Waals surface area contributed by atoms with Crippen LogP contribution in [0, 0.1) is 0 Å². The molecule has 4 heterocycles. The molecular formula is C22H30N6O5. The van der Waals surface area contributed by atoms with E-state index in [-0.39, 0.29) is 41.4 Å². The molecule has 11 nitrogen and oxygen atoms in total. The zero-order chi connectivity index (χ0) is 23.3. The molecule has 0 radical (unpaired) electrons. The van der Waals surface area contributed by atoms with Gasteiger partial charge in [-0.15, -0.1) is 0 Å². The zero-order valence-corrected chi connectivity index (χ0v) is 19.2. The van der Waals surface area contributed by atoms with Crippen molar-refractivity contribution in [3.63, 3.8) is 0 Å². The average molecular weight is 459 g/mol. The normalized spacial score (nSPS) is 21.2. The van der Waals surface area contributed by atoms with Crippen molar-refractivity contribution in [1.82, 2.24) is 28.5 Å². The molecule has 2 saturated heterocycles. The van der Waals surface area contributed by atoms with Crippen LogP contribution in [0.15, 0.2) is 15.9 Å². The quantitative estimate of drug-likeness (QED) is 0.665. The molecule has 33 heavy (non-hydrogen) atoms. The van der Waals surface area contributed by atoms with Crippen LogP contribution in [-0.2, 0) is 30.2 Å². The Bertz CT molecular complexity index is 1210. The number of aromatic nitrogens is 4. The van der Waals surface area contributed by atoms with Crippen LogP contribution < -0.4 is 11.2 Å². The monoisotopic (exact) mass is 458 g/mol. The number of piperidine rings is 1. The van der Waals surface area contributed by atoms with Gasteiger partial charge in [-0.25, -0.2) is 14.6 Å². The van der Waals surface area contributed by atoms with E-state index in [1.54, 1.807) is 11.9 Å². The Labute approximate surface area is 190 Å². The number of ether oxygens (including phenoxy) is 1. The molecule has 1 spiro atoms. The highest BCUT2D eigenvalue weighted by atomic mass is 16.6. The van der Waals surface area contributed by atoms with Crippen LogP contribution in [0.2, 0.25) is 0 Å². The van der Waals surface area contributed by atoms with Crippen LogP contribution in [-0.4, -0.2) is 71.8 Å². The first-order valence-corrected chi connectivity index (χ1v) is 11.7. The van der Waals surface area contributed by atoms with Gasteiger partial charge in [-0.05, 0) is 38.5 Å². The van der Waals surface area contributed by atoms with E-state index in [4.69, 9.17) is 4.74 Å². The van der Waals surface area contributed by atoms with Crippen LogP contribution in [0.3, 0.4) is 0 Å². The molecule has 1 saturated carbocycles. The fourth-order valence-corrected chi connectivity index (χ4v) is 5.58. The van der Waals surface area contributed by atoms with Gasteiger partial charge in [0.25, 0.3) is 5.56 Å². The van der Waals surface area contributed by atoms with E-state index in [0.29, 0.717) is 32.5 Å². The van der Waals surface area contributed by atoms with Crippen molar-refractivity contribution in [2.75, 3.05) is 19.6 Å². The lowest BCUT2D eigenvalue weighted by molar-refractivity contribution is -0.133. The summed E-state index contributed by atoms with van der Waals surface area (Å²) in [4.78, 5) is 58.1. The molecule has 3 aliphatic rings. The van der Waals surface area contributed by atoms with E-state index in [1.165, 1.54) is 28.9 Å². The van der Waals surface area contributed by atoms with E-state index < -0.39 is 11.2 Å². The third-order valence-corrected chi connectivity index (χ3v) is 7.54. The van der Waals surface area contributed by atoms with Gasteiger partial charge in [-0.2, -0.15) is 0 Å². The SMILES string of the molecule is Cn1c(=O)c2c(ncn2CC(=O)N2CCC(N3CC4(CCCCC4)OC3=O)CC2)n(C)c1=O. The summed E-state index contributed by atoms with van der Waals surface area (Å²) in [7, 11) is 2.96. The second kappa shape index (κ2) is 8.03. The predicted octanol–water partition coefficient (Wildman–Crippen LogP) is 0.580. The molecule has 2 aromatic heterocycles. The van der Waals surface area contributed by atoms with Crippen molar-refractivity contribution in [2.24, 2.45) is 14.1 Å². The molecule has 2 aromatic rings. The van der Waals surface area contributed by atoms with E-state index in [9.17, 15) is 19.2 Å². The molecule has 178 valence electrons. The number of nitrogens with zero attached hydrogens (tertiary/aromatic N) is 6.